The average Bonchev–Trinajstić information content (AvgIpc) is 3.35. The molecule has 0 spiro atoms. The average molecular weight is 462 g/mol. The molecule has 0 unspecified atom stereocenters. The first-order valence-corrected chi connectivity index (χ1v) is 12.1. The lowest BCUT2D eigenvalue weighted by atomic mass is 9.96. The number of aromatic nitrogens is 2. The fourth-order valence-corrected chi connectivity index (χ4v) is 5.55. The van der Waals surface area contributed by atoms with E-state index in [9.17, 15) is 0 Å². The molecule has 0 radical (unpaired) electrons. The molecule has 1 aromatic carbocycles. The lowest BCUT2D eigenvalue weighted by Crippen LogP contribution is -2.36. The van der Waals surface area contributed by atoms with E-state index < -0.39 is 0 Å². The van der Waals surface area contributed by atoms with E-state index in [2.05, 4.69) is 81.8 Å². The molecule has 5 rings (SSSR count). The highest BCUT2D eigenvalue weighted by molar-refractivity contribution is 7.80. The number of rotatable bonds is 5. The topological polar surface area (TPSA) is 45.6 Å². The Morgan fingerprint density at radius 2 is 1.79 bits per heavy atom. The van der Waals surface area contributed by atoms with Gasteiger partial charge in [0.2, 0.25) is 0 Å². The molecule has 2 aliphatic rings. The molecular formula is C26H31N5OS. The zero-order chi connectivity index (χ0) is 22.9. The number of nitrogens with zero attached hydrogens (tertiary/aromatic N) is 4. The Balaban J connectivity index is 1.55. The van der Waals surface area contributed by atoms with Crippen LogP contribution in [0.2, 0.25) is 0 Å². The second kappa shape index (κ2) is 9.15. The van der Waals surface area contributed by atoms with E-state index >= 15 is 0 Å². The van der Waals surface area contributed by atoms with Crippen molar-refractivity contribution in [3.05, 3.63) is 77.4 Å². The largest absolute Gasteiger partial charge is 0.378 e. The maximum absolute atomic E-state index is 5.90. The third-order valence-electron chi connectivity index (χ3n) is 6.85. The smallest absolute Gasteiger partial charge is 0.174 e. The van der Waals surface area contributed by atoms with Crippen molar-refractivity contribution in [2.45, 2.75) is 39.4 Å². The Morgan fingerprint density at radius 1 is 1.06 bits per heavy atom. The van der Waals surface area contributed by atoms with Crippen molar-refractivity contribution in [2.24, 2.45) is 0 Å². The number of thiocarbonyl (C=S) groups is 1. The molecule has 6 nitrogen and oxygen atoms in total. The van der Waals surface area contributed by atoms with E-state index in [0.29, 0.717) is 0 Å². The lowest BCUT2D eigenvalue weighted by Gasteiger charge is -2.31. The minimum atomic E-state index is -0.0246. The summed E-state index contributed by atoms with van der Waals surface area (Å²) < 4.78 is 7.87. The maximum Gasteiger partial charge on any atom is 0.174 e. The van der Waals surface area contributed by atoms with Gasteiger partial charge in [-0.15, -0.1) is 0 Å². The molecule has 4 heterocycles. The van der Waals surface area contributed by atoms with Crippen LogP contribution < -0.4 is 15.1 Å². The number of ether oxygens (including phenoxy) is 1. The first kappa shape index (κ1) is 21.9. The van der Waals surface area contributed by atoms with Gasteiger partial charge in [0.15, 0.2) is 5.11 Å². The second-order valence-corrected chi connectivity index (χ2v) is 9.07. The van der Waals surface area contributed by atoms with Gasteiger partial charge in [-0.1, -0.05) is 6.07 Å². The Labute approximate surface area is 201 Å². The molecular weight excluding hydrogens is 430 g/mol. The number of hydrogen-bond donors (Lipinski definition) is 1. The van der Waals surface area contributed by atoms with E-state index in [1.807, 2.05) is 18.3 Å². The molecule has 2 atom stereocenters. The van der Waals surface area contributed by atoms with Gasteiger partial charge in [0, 0.05) is 48.6 Å². The predicted molar refractivity (Wildman–Crippen MR) is 137 cm³/mol. The van der Waals surface area contributed by atoms with Gasteiger partial charge in [0.05, 0.1) is 31.0 Å². The van der Waals surface area contributed by atoms with Crippen LogP contribution in [0.1, 0.15) is 41.7 Å². The normalized spacial score (nSPS) is 20.9. The summed E-state index contributed by atoms with van der Waals surface area (Å²) in [7, 11) is 0. The lowest BCUT2D eigenvalue weighted by molar-refractivity contribution is 0.122. The van der Waals surface area contributed by atoms with Crippen LogP contribution >= 0.6 is 12.2 Å². The van der Waals surface area contributed by atoms with Crippen molar-refractivity contribution in [3.8, 4) is 0 Å². The minimum absolute atomic E-state index is 0.0214. The number of pyridine rings is 1. The summed E-state index contributed by atoms with van der Waals surface area (Å²) in [6.45, 7) is 10.9. The molecule has 2 fully saturated rings. The van der Waals surface area contributed by atoms with E-state index in [1.165, 1.54) is 22.6 Å². The van der Waals surface area contributed by atoms with Crippen LogP contribution in [0, 0.1) is 13.8 Å². The van der Waals surface area contributed by atoms with Gasteiger partial charge in [0.25, 0.3) is 0 Å². The Bertz CT molecular complexity index is 1120. The zero-order valence-electron chi connectivity index (χ0n) is 19.5. The zero-order valence-corrected chi connectivity index (χ0v) is 20.3. The Hall–Kier alpha value is -2.90. The van der Waals surface area contributed by atoms with E-state index in [4.69, 9.17) is 17.0 Å². The molecule has 1 N–H and O–H groups in total. The summed E-state index contributed by atoms with van der Waals surface area (Å²) in [6, 6.07) is 17.2. The molecule has 33 heavy (non-hydrogen) atoms. The van der Waals surface area contributed by atoms with Crippen LogP contribution in [-0.2, 0) is 11.3 Å². The number of benzene rings is 1. The standard InChI is InChI=1S/C26H31N5OS/c1-4-30-18(2)17-22(19(30)3)25-24(23-7-5-6-12-27-23)28-26(33)31(25)21-10-8-20(9-11-21)29-13-15-32-16-14-29/h5-12,17,24-25H,4,13-16H2,1-3H3,(H,28,33)/t24-,25-/m0/s1. The fourth-order valence-electron chi connectivity index (χ4n) is 5.21. The molecule has 0 saturated carbocycles. The van der Waals surface area contributed by atoms with Crippen LogP contribution in [0.25, 0.3) is 0 Å². The molecule has 172 valence electrons. The fraction of sp³-hybridized carbons (Fsp3) is 0.385. The van der Waals surface area contributed by atoms with E-state index in [-0.39, 0.29) is 12.1 Å². The van der Waals surface area contributed by atoms with Crippen LogP contribution in [0.5, 0.6) is 0 Å². The number of anilines is 2. The van der Waals surface area contributed by atoms with Crippen molar-refractivity contribution in [1.82, 2.24) is 14.9 Å². The first-order valence-electron chi connectivity index (χ1n) is 11.7. The van der Waals surface area contributed by atoms with Gasteiger partial charge in [-0.2, -0.15) is 0 Å². The van der Waals surface area contributed by atoms with Crippen LogP contribution in [-0.4, -0.2) is 41.0 Å². The summed E-state index contributed by atoms with van der Waals surface area (Å²) in [5.74, 6) is 0. The van der Waals surface area contributed by atoms with Gasteiger partial charge in [-0.3, -0.25) is 4.98 Å². The molecule has 0 amide bonds. The summed E-state index contributed by atoms with van der Waals surface area (Å²) in [6.07, 6.45) is 1.85. The number of hydrogen-bond acceptors (Lipinski definition) is 4. The minimum Gasteiger partial charge on any atom is -0.378 e. The van der Waals surface area contributed by atoms with Crippen molar-refractivity contribution in [2.75, 3.05) is 36.1 Å². The van der Waals surface area contributed by atoms with Gasteiger partial charge in [-0.05, 0) is 81.0 Å². The Morgan fingerprint density at radius 3 is 2.42 bits per heavy atom. The van der Waals surface area contributed by atoms with E-state index in [0.717, 1.165) is 49.3 Å². The summed E-state index contributed by atoms with van der Waals surface area (Å²) in [5.41, 5.74) is 7.15. The molecule has 0 aliphatic carbocycles. The van der Waals surface area contributed by atoms with Crippen molar-refractivity contribution >= 4 is 28.7 Å². The van der Waals surface area contributed by atoms with Crippen LogP contribution in [0.4, 0.5) is 11.4 Å². The summed E-state index contributed by atoms with van der Waals surface area (Å²) in [5, 5.41) is 4.31. The van der Waals surface area contributed by atoms with Gasteiger partial charge < -0.3 is 24.4 Å². The van der Waals surface area contributed by atoms with E-state index in [1.54, 1.807) is 0 Å². The molecule has 3 aromatic rings. The Kier molecular flexibility index (Phi) is 6.08. The predicted octanol–water partition coefficient (Wildman–Crippen LogP) is 4.53. The van der Waals surface area contributed by atoms with Crippen molar-refractivity contribution in [3.63, 3.8) is 0 Å². The highest BCUT2D eigenvalue weighted by atomic mass is 32.1. The number of morpholine rings is 1. The highest BCUT2D eigenvalue weighted by Gasteiger charge is 2.42. The van der Waals surface area contributed by atoms with Crippen molar-refractivity contribution in [1.29, 1.82) is 0 Å². The maximum atomic E-state index is 5.90. The first-order chi connectivity index (χ1) is 16.1. The van der Waals surface area contributed by atoms with Gasteiger partial charge in [0.1, 0.15) is 0 Å². The monoisotopic (exact) mass is 461 g/mol. The van der Waals surface area contributed by atoms with Crippen LogP contribution in [0.3, 0.4) is 0 Å². The highest BCUT2D eigenvalue weighted by Crippen LogP contribution is 2.43. The van der Waals surface area contributed by atoms with Crippen molar-refractivity contribution < 1.29 is 4.74 Å². The molecule has 2 saturated heterocycles. The third-order valence-corrected chi connectivity index (χ3v) is 7.16. The second-order valence-electron chi connectivity index (χ2n) is 8.68. The van der Waals surface area contributed by atoms with Gasteiger partial charge in [-0.25, -0.2) is 0 Å². The van der Waals surface area contributed by atoms with Crippen LogP contribution in [0.15, 0.2) is 54.7 Å². The SMILES string of the molecule is CCn1c(C)cc([C@H]2[C@H](c3ccccn3)NC(=S)N2c2ccc(N3CCOCC3)cc2)c1C. The third kappa shape index (κ3) is 4.00. The molecule has 2 aliphatic heterocycles. The molecule has 0 bridgehead atoms. The summed E-state index contributed by atoms with van der Waals surface area (Å²) >= 11 is 5.90. The molecule has 2 aromatic heterocycles. The number of aryl methyl sites for hydroxylation is 1. The quantitative estimate of drug-likeness (QED) is 0.563. The van der Waals surface area contributed by atoms with Gasteiger partial charge >= 0.3 is 0 Å². The number of nitrogens with one attached hydrogen (secondary N) is 1. The summed E-state index contributed by atoms with van der Waals surface area (Å²) in [4.78, 5) is 9.31. The molecule has 7 heteroatoms.